The van der Waals surface area contributed by atoms with E-state index in [1.807, 2.05) is 6.07 Å². The molecule has 0 spiro atoms. The quantitative estimate of drug-likeness (QED) is 0.212. The zero-order valence-electron chi connectivity index (χ0n) is 24.0. The molecule has 0 amide bonds. The second-order valence-electron chi connectivity index (χ2n) is 11.1. The number of aryl methyl sites for hydroxylation is 1. The maximum absolute atomic E-state index is 12.8. The van der Waals surface area contributed by atoms with Crippen LogP contribution < -0.4 is 20.9 Å². The lowest BCUT2D eigenvalue weighted by atomic mass is 9.90. The van der Waals surface area contributed by atoms with E-state index in [-0.39, 0.29) is 12.3 Å². The largest absolute Gasteiger partial charge is 0.573 e. The molecule has 1 aliphatic heterocycles. The highest BCUT2D eigenvalue weighted by atomic mass is 19.4. The van der Waals surface area contributed by atoms with Crippen molar-refractivity contribution in [2.24, 2.45) is 17.4 Å². The van der Waals surface area contributed by atoms with Gasteiger partial charge in [-0.1, -0.05) is 24.3 Å². The number of ether oxygens (including phenoxy) is 2. The van der Waals surface area contributed by atoms with Crippen LogP contribution in [0.5, 0.6) is 11.5 Å². The van der Waals surface area contributed by atoms with Crippen LogP contribution in [0.3, 0.4) is 0 Å². The van der Waals surface area contributed by atoms with Crippen molar-refractivity contribution in [3.05, 3.63) is 83.6 Å². The number of halogens is 3. The minimum Gasteiger partial charge on any atom is -0.497 e. The third-order valence-electron chi connectivity index (χ3n) is 8.14. The van der Waals surface area contributed by atoms with Gasteiger partial charge in [0.2, 0.25) is 0 Å². The summed E-state index contributed by atoms with van der Waals surface area (Å²) < 4.78 is 50.2. The number of nitrogens with zero attached hydrogens (tertiary/aromatic N) is 2. The van der Waals surface area contributed by atoms with Gasteiger partial charge in [0.05, 0.1) is 7.11 Å². The molecule has 224 valence electrons. The summed E-state index contributed by atoms with van der Waals surface area (Å²) in [6, 6.07) is 19.3. The van der Waals surface area contributed by atoms with E-state index >= 15 is 0 Å². The van der Waals surface area contributed by atoms with Gasteiger partial charge in [-0.25, -0.2) is 0 Å². The zero-order valence-corrected chi connectivity index (χ0v) is 24.0. The monoisotopic (exact) mass is 580 g/mol. The van der Waals surface area contributed by atoms with E-state index in [2.05, 4.69) is 56.8 Å². The number of rotatable bonds is 11. The molecule has 0 unspecified atom stereocenters. The predicted octanol–water partition coefficient (Wildman–Crippen LogP) is 6.48. The van der Waals surface area contributed by atoms with Gasteiger partial charge in [-0.3, -0.25) is 4.90 Å². The van der Waals surface area contributed by atoms with E-state index in [9.17, 15) is 13.2 Å². The first-order valence-electron chi connectivity index (χ1n) is 14.5. The summed E-state index contributed by atoms with van der Waals surface area (Å²) in [6.45, 7) is 4.32. The van der Waals surface area contributed by atoms with Gasteiger partial charge in [0.25, 0.3) is 0 Å². The molecule has 9 heteroatoms. The molecule has 4 N–H and O–H groups in total. The highest BCUT2D eigenvalue weighted by Gasteiger charge is 2.31. The average molecular weight is 581 g/mol. The third-order valence-corrected chi connectivity index (χ3v) is 8.14. The number of nitrogens with two attached hydrogens (primary N) is 2. The molecule has 2 heterocycles. The van der Waals surface area contributed by atoms with Gasteiger partial charge in [-0.2, -0.15) is 0 Å². The van der Waals surface area contributed by atoms with Gasteiger partial charge < -0.3 is 25.5 Å². The Balaban J connectivity index is 1.35. The summed E-state index contributed by atoms with van der Waals surface area (Å²) in [5.41, 5.74) is 17.7. The average Bonchev–Trinajstić information content (AvgIpc) is 3.33. The molecule has 42 heavy (non-hydrogen) atoms. The predicted molar refractivity (Wildman–Crippen MR) is 160 cm³/mol. The second kappa shape index (κ2) is 13.2. The standard InChI is InChI=1S/C33H39F3N4O2/c1-41-27-5-2-4-24(17-27)16-23-10-14-39(15-11-23)21-25-6-9-32-30(18-25)31(22-40(32)13-3-12-37)29-8-7-28(19-26(29)20-38)42-33(34,35)36/h2,4-9,17-19,22-23H,3,10-16,20-21,37-38H2,1H3. The summed E-state index contributed by atoms with van der Waals surface area (Å²) in [5, 5.41) is 1.05. The second-order valence-corrected chi connectivity index (χ2v) is 11.1. The molecular weight excluding hydrogens is 541 g/mol. The van der Waals surface area contributed by atoms with Crippen LogP contribution in [-0.4, -0.2) is 42.6 Å². The maximum Gasteiger partial charge on any atom is 0.573 e. The Morgan fingerprint density at radius 1 is 0.905 bits per heavy atom. The molecule has 0 aliphatic carbocycles. The lowest BCUT2D eigenvalue weighted by molar-refractivity contribution is -0.274. The lowest BCUT2D eigenvalue weighted by Crippen LogP contribution is -2.33. The first kappa shape index (κ1) is 29.9. The summed E-state index contributed by atoms with van der Waals surface area (Å²) >= 11 is 0. The van der Waals surface area contributed by atoms with Gasteiger partial charge in [-0.15, -0.1) is 13.2 Å². The molecule has 3 aromatic carbocycles. The first-order valence-corrected chi connectivity index (χ1v) is 14.5. The van der Waals surface area contributed by atoms with Gasteiger partial charge in [0.15, 0.2) is 0 Å². The summed E-state index contributed by atoms with van der Waals surface area (Å²) in [6.07, 6.45) is 1.47. The van der Waals surface area contributed by atoms with Gasteiger partial charge in [0.1, 0.15) is 11.5 Å². The SMILES string of the molecule is COc1cccc(CC2CCN(Cc3ccc4c(c3)c(-c3ccc(OC(F)(F)F)cc3CN)cn4CCCN)CC2)c1. The van der Waals surface area contributed by atoms with E-state index in [4.69, 9.17) is 16.2 Å². The van der Waals surface area contributed by atoms with Crippen molar-refractivity contribution in [3.8, 4) is 22.6 Å². The van der Waals surface area contributed by atoms with E-state index in [0.29, 0.717) is 18.0 Å². The van der Waals surface area contributed by atoms with Crippen LogP contribution in [0.15, 0.2) is 66.9 Å². The minimum atomic E-state index is -4.76. The van der Waals surface area contributed by atoms with E-state index in [1.165, 1.54) is 23.3 Å². The molecule has 0 saturated carbocycles. The van der Waals surface area contributed by atoms with Crippen LogP contribution in [0, 0.1) is 5.92 Å². The molecule has 4 aromatic rings. The van der Waals surface area contributed by atoms with Crippen molar-refractivity contribution in [3.63, 3.8) is 0 Å². The number of hydrogen-bond donors (Lipinski definition) is 2. The number of aromatic nitrogens is 1. The molecule has 1 fully saturated rings. The fourth-order valence-corrected chi connectivity index (χ4v) is 6.04. The Morgan fingerprint density at radius 2 is 1.71 bits per heavy atom. The van der Waals surface area contributed by atoms with Crippen molar-refractivity contribution in [2.45, 2.75) is 51.7 Å². The van der Waals surface area contributed by atoms with Crippen LogP contribution in [0.25, 0.3) is 22.0 Å². The van der Waals surface area contributed by atoms with Crippen molar-refractivity contribution >= 4 is 10.9 Å². The molecule has 5 rings (SSSR count). The van der Waals surface area contributed by atoms with E-state index in [1.54, 1.807) is 13.2 Å². The van der Waals surface area contributed by atoms with E-state index in [0.717, 1.165) is 79.6 Å². The lowest BCUT2D eigenvalue weighted by Gasteiger charge is -2.32. The van der Waals surface area contributed by atoms with Crippen molar-refractivity contribution in [1.29, 1.82) is 0 Å². The summed E-state index contributed by atoms with van der Waals surface area (Å²) in [7, 11) is 1.70. The Labute approximate surface area is 245 Å². The van der Waals surface area contributed by atoms with Crippen LogP contribution in [0.4, 0.5) is 13.2 Å². The normalized spacial score (nSPS) is 14.9. The Kier molecular flexibility index (Phi) is 9.40. The third kappa shape index (κ3) is 7.27. The Morgan fingerprint density at radius 3 is 2.43 bits per heavy atom. The van der Waals surface area contributed by atoms with Gasteiger partial charge >= 0.3 is 6.36 Å². The number of benzene rings is 3. The number of fused-ring (bicyclic) bond motifs is 1. The minimum absolute atomic E-state index is 0.0876. The number of piperidine rings is 1. The summed E-state index contributed by atoms with van der Waals surface area (Å²) in [5.74, 6) is 1.28. The fourth-order valence-electron chi connectivity index (χ4n) is 6.04. The van der Waals surface area contributed by atoms with Crippen LogP contribution in [-0.2, 0) is 26.1 Å². The van der Waals surface area contributed by atoms with Crippen LogP contribution >= 0.6 is 0 Å². The zero-order chi connectivity index (χ0) is 29.7. The molecular formula is C33H39F3N4O2. The molecule has 0 radical (unpaired) electrons. The molecule has 6 nitrogen and oxygen atoms in total. The van der Waals surface area contributed by atoms with Crippen molar-refractivity contribution in [1.82, 2.24) is 9.47 Å². The molecule has 1 saturated heterocycles. The highest BCUT2D eigenvalue weighted by Crippen LogP contribution is 2.36. The topological polar surface area (TPSA) is 78.7 Å². The molecule has 0 bridgehead atoms. The molecule has 0 atom stereocenters. The van der Waals surface area contributed by atoms with Crippen molar-refractivity contribution < 1.29 is 22.6 Å². The molecule has 1 aromatic heterocycles. The fraction of sp³-hybridized carbons (Fsp3) is 0.394. The summed E-state index contributed by atoms with van der Waals surface area (Å²) in [4.78, 5) is 2.50. The van der Waals surface area contributed by atoms with Gasteiger partial charge in [-0.05, 0) is 110 Å². The smallest absolute Gasteiger partial charge is 0.497 e. The van der Waals surface area contributed by atoms with Crippen LogP contribution in [0.2, 0.25) is 0 Å². The first-order chi connectivity index (χ1) is 20.3. The Bertz CT molecular complexity index is 1490. The highest BCUT2D eigenvalue weighted by molar-refractivity contribution is 5.97. The maximum atomic E-state index is 12.8. The number of alkyl halides is 3. The number of hydrogen-bond acceptors (Lipinski definition) is 5. The Hall–Kier alpha value is -3.53. The number of likely N-dealkylation sites (tertiary alicyclic amines) is 1. The van der Waals surface area contributed by atoms with Crippen LogP contribution in [0.1, 0.15) is 36.0 Å². The molecule has 1 aliphatic rings. The van der Waals surface area contributed by atoms with Crippen molar-refractivity contribution in [2.75, 3.05) is 26.7 Å². The van der Waals surface area contributed by atoms with Gasteiger partial charge in [0, 0.05) is 42.3 Å². The van der Waals surface area contributed by atoms with E-state index < -0.39 is 6.36 Å². The number of methoxy groups -OCH3 is 1.